The molecule has 1 atom stereocenters. The summed E-state index contributed by atoms with van der Waals surface area (Å²) in [5.74, 6) is -0.0741. The van der Waals surface area contributed by atoms with Crippen molar-refractivity contribution in [1.29, 1.82) is 0 Å². The van der Waals surface area contributed by atoms with Crippen LogP contribution in [0.4, 0.5) is 0 Å². The number of carboxylic acid groups (broad SMARTS) is 1. The Morgan fingerprint density at radius 1 is 1.37 bits per heavy atom. The van der Waals surface area contributed by atoms with E-state index >= 15 is 0 Å². The summed E-state index contributed by atoms with van der Waals surface area (Å²) in [6.45, 7) is 1.68. The molecule has 0 fully saturated rings. The second-order valence-corrected chi connectivity index (χ2v) is 4.00. The normalized spacial score (nSPS) is 14.5. The zero-order valence-corrected chi connectivity index (χ0v) is 11.8. The lowest BCUT2D eigenvalue weighted by molar-refractivity contribution is -0.138. The van der Waals surface area contributed by atoms with Crippen molar-refractivity contribution in [2.75, 3.05) is 13.1 Å². The molecule has 0 aliphatic carbocycles. The highest BCUT2D eigenvalue weighted by Gasteiger charge is 2.12. The number of nitrogens with one attached hydrogen (secondary N) is 1. The van der Waals surface area contributed by atoms with Crippen molar-refractivity contribution in [1.82, 2.24) is 5.32 Å². The van der Waals surface area contributed by atoms with Crippen LogP contribution < -0.4 is 11.1 Å². The van der Waals surface area contributed by atoms with Crippen molar-refractivity contribution >= 4 is 36.6 Å². The van der Waals surface area contributed by atoms with Gasteiger partial charge in [-0.3, -0.25) is 9.79 Å². The highest BCUT2D eigenvalue weighted by atomic mass is 35.5. The van der Waals surface area contributed by atoms with Gasteiger partial charge in [-0.1, -0.05) is 24.3 Å². The maximum absolute atomic E-state index is 10.6. The summed E-state index contributed by atoms with van der Waals surface area (Å²) < 4.78 is 0. The third-order valence-electron chi connectivity index (χ3n) is 2.67. The van der Waals surface area contributed by atoms with Crippen molar-refractivity contribution in [2.24, 2.45) is 10.7 Å². The van der Waals surface area contributed by atoms with Crippen molar-refractivity contribution in [3.63, 3.8) is 0 Å². The molecule has 7 heteroatoms. The van der Waals surface area contributed by atoms with Crippen LogP contribution in [0.5, 0.6) is 0 Å². The SMILES string of the molecule is Cl.Cl.N[C@@H](Cc1ccc(C2=NCCN2)cc1)C(=O)O. The van der Waals surface area contributed by atoms with Gasteiger partial charge in [0.1, 0.15) is 11.9 Å². The Hall–Kier alpha value is -1.30. The molecular weight excluding hydrogens is 289 g/mol. The average molecular weight is 306 g/mol. The van der Waals surface area contributed by atoms with Crippen LogP contribution in [-0.4, -0.2) is 36.0 Å². The minimum atomic E-state index is -0.976. The van der Waals surface area contributed by atoms with Crippen LogP contribution in [0.3, 0.4) is 0 Å². The largest absolute Gasteiger partial charge is 0.480 e. The van der Waals surface area contributed by atoms with E-state index in [0.29, 0.717) is 6.42 Å². The van der Waals surface area contributed by atoms with Gasteiger partial charge in [-0.2, -0.15) is 0 Å². The minimum absolute atomic E-state index is 0. The summed E-state index contributed by atoms with van der Waals surface area (Å²) in [7, 11) is 0. The van der Waals surface area contributed by atoms with E-state index in [-0.39, 0.29) is 24.8 Å². The molecule has 1 heterocycles. The fraction of sp³-hybridized carbons (Fsp3) is 0.333. The Labute approximate surface area is 124 Å². The first-order valence-electron chi connectivity index (χ1n) is 5.53. The van der Waals surface area contributed by atoms with Crippen LogP contribution in [0.15, 0.2) is 29.3 Å². The molecule has 5 nitrogen and oxygen atoms in total. The van der Waals surface area contributed by atoms with Gasteiger partial charge in [0, 0.05) is 12.1 Å². The molecule has 0 bridgehead atoms. The summed E-state index contributed by atoms with van der Waals surface area (Å²) in [6, 6.07) is 6.80. The molecule has 0 unspecified atom stereocenters. The van der Waals surface area contributed by atoms with Gasteiger partial charge in [-0.05, 0) is 12.0 Å². The molecule has 1 aromatic rings. The van der Waals surface area contributed by atoms with Gasteiger partial charge in [-0.25, -0.2) is 0 Å². The van der Waals surface area contributed by atoms with Crippen LogP contribution in [0, 0.1) is 0 Å². The lowest BCUT2D eigenvalue weighted by Crippen LogP contribution is -2.32. The van der Waals surface area contributed by atoms with Crippen molar-refractivity contribution in [3.8, 4) is 0 Å². The number of rotatable bonds is 4. The Morgan fingerprint density at radius 2 is 2.00 bits per heavy atom. The van der Waals surface area contributed by atoms with E-state index in [9.17, 15) is 4.79 Å². The first-order valence-corrected chi connectivity index (χ1v) is 5.53. The molecule has 4 N–H and O–H groups in total. The van der Waals surface area contributed by atoms with E-state index in [1.54, 1.807) is 0 Å². The quantitative estimate of drug-likeness (QED) is 0.769. The molecule has 0 saturated heterocycles. The molecule has 1 aliphatic rings. The summed E-state index contributed by atoms with van der Waals surface area (Å²) in [6.07, 6.45) is 0.343. The highest BCUT2D eigenvalue weighted by molar-refractivity contribution is 5.99. The number of carbonyl (C=O) groups is 1. The van der Waals surface area contributed by atoms with Gasteiger partial charge in [0.25, 0.3) is 0 Å². The smallest absolute Gasteiger partial charge is 0.320 e. The predicted octanol–water partition coefficient (Wildman–Crippen LogP) is 0.834. The van der Waals surface area contributed by atoms with Gasteiger partial charge in [0.15, 0.2) is 0 Å². The Morgan fingerprint density at radius 3 is 2.47 bits per heavy atom. The van der Waals surface area contributed by atoms with Crippen LogP contribution >= 0.6 is 24.8 Å². The second-order valence-electron chi connectivity index (χ2n) is 4.00. The van der Waals surface area contributed by atoms with Crippen LogP contribution in [0.25, 0.3) is 0 Å². The van der Waals surface area contributed by atoms with Crippen LogP contribution in [-0.2, 0) is 11.2 Å². The number of hydrogen-bond donors (Lipinski definition) is 3. The van der Waals surface area contributed by atoms with Crippen molar-refractivity contribution < 1.29 is 9.90 Å². The second kappa shape index (κ2) is 7.99. The summed E-state index contributed by atoms with van der Waals surface area (Å²) in [5, 5.41) is 11.9. The molecular formula is C12H17Cl2N3O2. The fourth-order valence-electron chi connectivity index (χ4n) is 1.73. The lowest BCUT2D eigenvalue weighted by atomic mass is 10.0. The number of amidine groups is 1. The van der Waals surface area contributed by atoms with Crippen molar-refractivity contribution in [2.45, 2.75) is 12.5 Å². The summed E-state index contributed by atoms with van der Waals surface area (Å²) in [4.78, 5) is 14.9. The topological polar surface area (TPSA) is 87.7 Å². The molecule has 106 valence electrons. The fourth-order valence-corrected chi connectivity index (χ4v) is 1.73. The van der Waals surface area contributed by atoms with Crippen molar-refractivity contribution in [3.05, 3.63) is 35.4 Å². The van der Waals surface area contributed by atoms with Crippen LogP contribution in [0.2, 0.25) is 0 Å². The molecule has 0 amide bonds. The summed E-state index contributed by atoms with van der Waals surface area (Å²) >= 11 is 0. The molecule has 1 aromatic carbocycles. The molecule has 0 radical (unpaired) electrons. The third-order valence-corrected chi connectivity index (χ3v) is 2.67. The number of benzene rings is 1. The van der Waals surface area contributed by atoms with E-state index in [0.717, 1.165) is 30.1 Å². The number of hydrogen-bond acceptors (Lipinski definition) is 4. The molecule has 19 heavy (non-hydrogen) atoms. The van der Waals surface area contributed by atoms with Gasteiger partial charge in [0.05, 0.1) is 6.54 Å². The van der Waals surface area contributed by atoms with Gasteiger partial charge >= 0.3 is 5.97 Å². The average Bonchev–Trinajstić information content (AvgIpc) is 2.83. The van der Waals surface area contributed by atoms with Gasteiger partial charge < -0.3 is 16.2 Å². The number of aliphatic carboxylic acids is 1. The molecule has 0 aromatic heterocycles. The van der Waals surface area contributed by atoms with Gasteiger partial charge in [-0.15, -0.1) is 24.8 Å². The third kappa shape index (κ3) is 4.70. The first kappa shape index (κ1) is 17.7. The van der Waals surface area contributed by atoms with Gasteiger partial charge in [0.2, 0.25) is 0 Å². The standard InChI is InChI=1S/C12H15N3O2.2ClH/c13-10(12(16)17)7-8-1-3-9(4-2-8)11-14-5-6-15-11;;/h1-4,10H,5-7,13H2,(H,14,15)(H,16,17);2*1H/t10-;;/m0../s1. The zero-order chi connectivity index (χ0) is 12.3. The highest BCUT2D eigenvalue weighted by Crippen LogP contribution is 2.08. The number of carboxylic acids is 1. The maximum Gasteiger partial charge on any atom is 0.320 e. The number of nitrogens with zero attached hydrogens (tertiary/aromatic N) is 1. The Bertz CT molecular complexity index is 449. The molecule has 0 saturated carbocycles. The minimum Gasteiger partial charge on any atom is -0.480 e. The van der Waals surface area contributed by atoms with E-state index in [1.807, 2.05) is 24.3 Å². The van der Waals surface area contributed by atoms with E-state index < -0.39 is 12.0 Å². The molecule has 1 aliphatic heterocycles. The van der Waals surface area contributed by atoms with Crippen LogP contribution in [0.1, 0.15) is 11.1 Å². The molecule has 2 rings (SSSR count). The lowest BCUT2D eigenvalue weighted by Gasteiger charge is -2.07. The first-order chi connectivity index (χ1) is 8.16. The predicted molar refractivity (Wildman–Crippen MR) is 79.7 cm³/mol. The van der Waals surface area contributed by atoms with E-state index in [1.165, 1.54) is 0 Å². The maximum atomic E-state index is 10.6. The monoisotopic (exact) mass is 305 g/mol. The van der Waals surface area contributed by atoms with E-state index in [4.69, 9.17) is 10.8 Å². The Kier molecular flexibility index (Phi) is 7.44. The Balaban J connectivity index is 0.00000162. The number of aliphatic imine (C=N–C) groups is 1. The zero-order valence-electron chi connectivity index (χ0n) is 10.2. The number of nitrogens with two attached hydrogens (primary N) is 1. The number of halogens is 2. The molecule has 0 spiro atoms. The summed E-state index contributed by atoms with van der Waals surface area (Å²) in [5.41, 5.74) is 7.42. The van der Waals surface area contributed by atoms with E-state index in [2.05, 4.69) is 10.3 Å².